The minimum Gasteiger partial charge on any atom is -0.408 e. The molecule has 3 aromatic rings. The molecule has 1 heterocycles. The number of nitrogens with zero attached hydrogens (tertiary/aromatic N) is 1. The molecule has 0 fully saturated rings. The quantitative estimate of drug-likeness (QED) is 0.525. The van der Waals surface area contributed by atoms with E-state index in [1.807, 2.05) is 0 Å². The highest BCUT2D eigenvalue weighted by molar-refractivity contribution is 7.92. The van der Waals surface area contributed by atoms with Crippen LogP contribution in [0.25, 0.3) is 11.1 Å². The van der Waals surface area contributed by atoms with Crippen molar-refractivity contribution in [1.29, 1.82) is 0 Å². The molecule has 2 aromatic carbocycles. The van der Waals surface area contributed by atoms with Gasteiger partial charge in [0.25, 0.3) is 15.7 Å². The van der Waals surface area contributed by atoms with Gasteiger partial charge in [-0.2, -0.15) is 0 Å². The van der Waals surface area contributed by atoms with Crippen LogP contribution in [0, 0.1) is 17.0 Å². The summed E-state index contributed by atoms with van der Waals surface area (Å²) in [6, 6.07) is 6.10. The molecule has 0 spiro atoms. The molecule has 0 aliphatic rings. The van der Waals surface area contributed by atoms with Crippen LogP contribution in [0.15, 0.2) is 44.4 Å². The Labute approximate surface area is 145 Å². The number of anilines is 1. The zero-order valence-electron chi connectivity index (χ0n) is 12.6. The van der Waals surface area contributed by atoms with Gasteiger partial charge in [-0.25, -0.2) is 13.2 Å². The third kappa shape index (κ3) is 3.21. The van der Waals surface area contributed by atoms with E-state index >= 15 is 0 Å². The van der Waals surface area contributed by atoms with Crippen LogP contribution in [0.4, 0.5) is 11.4 Å². The lowest BCUT2D eigenvalue weighted by Crippen LogP contribution is -2.14. The third-order valence-corrected chi connectivity index (χ3v) is 5.26. The first-order chi connectivity index (χ1) is 11.7. The summed E-state index contributed by atoms with van der Waals surface area (Å²) in [5, 5.41) is 10.6. The Morgan fingerprint density at radius 2 is 2.00 bits per heavy atom. The van der Waals surface area contributed by atoms with Gasteiger partial charge in [-0.05, 0) is 24.6 Å². The van der Waals surface area contributed by atoms with Crippen LogP contribution in [0.1, 0.15) is 5.56 Å². The van der Waals surface area contributed by atoms with E-state index in [0.717, 1.165) is 6.07 Å². The third-order valence-electron chi connectivity index (χ3n) is 3.43. The second kappa shape index (κ2) is 5.90. The lowest BCUT2D eigenvalue weighted by atomic mass is 10.2. The van der Waals surface area contributed by atoms with Gasteiger partial charge in [-0.1, -0.05) is 11.6 Å². The number of hydrogen-bond acceptors (Lipinski definition) is 6. The number of nitro groups is 1. The van der Waals surface area contributed by atoms with Gasteiger partial charge in [0.15, 0.2) is 5.58 Å². The van der Waals surface area contributed by atoms with Crippen molar-refractivity contribution in [3.63, 3.8) is 0 Å². The van der Waals surface area contributed by atoms with Gasteiger partial charge in [0.1, 0.15) is 4.90 Å². The molecule has 0 aliphatic heterocycles. The molecule has 2 N–H and O–H groups in total. The summed E-state index contributed by atoms with van der Waals surface area (Å²) in [7, 11) is -4.11. The maximum absolute atomic E-state index is 12.6. The van der Waals surface area contributed by atoms with E-state index in [-0.39, 0.29) is 32.4 Å². The van der Waals surface area contributed by atoms with E-state index in [0.29, 0.717) is 5.56 Å². The number of oxazole rings is 1. The Bertz CT molecular complexity index is 1170. The number of aryl methyl sites for hydroxylation is 1. The molecule has 1 aromatic heterocycles. The number of sulfonamides is 1. The Kier molecular flexibility index (Phi) is 4.01. The van der Waals surface area contributed by atoms with Gasteiger partial charge in [0.2, 0.25) is 0 Å². The van der Waals surface area contributed by atoms with E-state index in [1.165, 1.54) is 31.2 Å². The second-order valence-electron chi connectivity index (χ2n) is 5.16. The van der Waals surface area contributed by atoms with E-state index < -0.39 is 20.7 Å². The maximum atomic E-state index is 12.6. The SMILES string of the molecule is Cc1cc([N+](=O)[O-])ccc1NS(=O)(=O)c1cc2oc(=O)[nH]c2cc1Cl. The van der Waals surface area contributed by atoms with Gasteiger partial charge < -0.3 is 4.42 Å². The summed E-state index contributed by atoms with van der Waals surface area (Å²) in [5.74, 6) is -0.736. The zero-order chi connectivity index (χ0) is 18.4. The largest absolute Gasteiger partial charge is 0.417 e. The van der Waals surface area contributed by atoms with Crippen LogP contribution < -0.4 is 10.5 Å². The molecule has 0 unspecified atom stereocenters. The van der Waals surface area contributed by atoms with E-state index in [2.05, 4.69) is 9.71 Å². The lowest BCUT2D eigenvalue weighted by Gasteiger charge is -2.11. The number of halogens is 1. The zero-order valence-corrected chi connectivity index (χ0v) is 14.1. The minimum absolute atomic E-state index is 0.0372. The summed E-state index contributed by atoms with van der Waals surface area (Å²) in [4.78, 5) is 23.4. The Hall–Kier alpha value is -2.85. The maximum Gasteiger partial charge on any atom is 0.417 e. The second-order valence-corrected chi connectivity index (χ2v) is 7.21. The molecule has 0 saturated heterocycles. The normalized spacial score (nSPS) is 11.6. The van der Waals surface area contributed by atoms with Crippen LogP contribution in [0.5, 0.6) is 0 Å². The summed E-state index contributed by atoms with van der Waals surface area (Å²) in [6.45, 7) is 1.53. The number of non-ortho nitro benzene ring substituents is 1. The van der Waals surface area contributed by atoms with Gasteiger partial charge in [-0.15, -0.1) is 0 Å². The molecular weight excluding hydrogens is 374 g/mol. The Morgan fingerprint density at radius 3 is 2.64 bits per heavy atom. The van der Waals surface area contributed by atoms with Crippen LogP contribution in [0.2, 0.25) is 5.02 Å². The highest BCUT2D eigenvalue weighted by Crippen LogP contribution is 2.29. The van der Waals surface area contributed by atoms with Crippen molar-refractivity contribution in [2.24, 2.45) is 0 Å². The monoisotopic (exact) mass is 383 g/mol. The predicted octanol–water partition coefficient (Wildman–Crippen LogP) is 2.79. The van der Waals surface area contributed by atoms with Crippen molar-refractivity contribution in [3.8, 4) is 0 Å². The molecule has 11 heteroatoms. The Morgan fingerprint density at radius 1 is 1.28 bits per heavy atom. The van der Waals surface area contributed by atoms with Crippen molar-refractivity contribution >= 4 is 44.1 Å². The van der Waals surface area contributed by atoms with Crippen molar-refractivity contribution < 1.29 is 17.8 Å². The molecule has 9 nitrogen and oxygen atoms in total. The number of aromatic amines is 1. The van der Waals surface area contributed by atoms with E-state index in [9.17, 15) is 23.3 Å². The molecule has 0 bridgehead atoms. The van der Waals surface area contributed by atoms with E-state index in [4.69, 9.17) is 16.0 Å². The first-order valence-electron chi connectivity index (χ1n) is 6.77. The van der Waals surface area contributed by atoms with Crippen LogP contribution in [-0.4, -0.2) is 18.3 Å². The molecule has 3 rings (SSSR count). The van der Waals surface area contributed by atoms with Crippen LogP contribution >= 0.6 is 11.6 Å². The Balaban J connectivity index is 2.04. The first kappa shape index (κ1) is 17.0. The fraction of sp³-hybridized carbons (Fsp3) is 0.0714. The lowest BCUT2D eigenvalue weighted by molar-refractivity contribution is -0.384. The summed E-state index contributed by atoms with van der Waals surface area (Å²) in [5.41, 5.74) is 0.671. The summed E-state index contributed by atoms with van der Waals surface area (Å²) < 4.78 is 32.3. The molecule has 25 heavy (non-hydrogen) atoms. The van der Waals surface area contributed by atoms with Crippen molar-refractivity contribution in [2.75, 3.05) is 4.72 Å². The topological polar surface area (TPSA) is 135 Å². The van der Waals surface area contributed by atoms with Crippen LogP contribution in [0.3, 0.4) is 0 Å². The predicted molar refractivity (Wildman–Crippen MR) is 90.5 cm³/mol. The average Bonchev–Trinajstić information content (AvgIpc) is 2.87. The molecule has 0 atom stereocenters. The number of fused-ring (bicyclic) bond motifs is 1. The van der Waals surface area contributed by atoms with Gasteiger partial charge in [0, 0.05) is 18.2 Å². The van der Waals surface area contributed by atoms with Crippen molar-refractivity contribution in [1.82, 2.24) is 4.98 Å². The average molecular weight is 384 g/mol. The first-order valence-corrected chi connectivity index (χ1v) is 8.64. The fourth-order valence-corrected chi connectivity index (χ4v) is 3.91. The number of nitro benzene ring substituents is 1. The number of benzene rings is 2. The molecule has 0 amide bonds. The molecule has 130 valence electrons. The van der Waals surface area contributed by atoms with Gasteiger partial charge >= 0.3 is 5.76 Å². The minimum atomic E-state index is -4.11. The van der Waals surface area contributed by atoms with Crippen LogP contribution in [-0.2, 0) is 10.0 Å². The van der Waals surface area contributed by atoms with Crippen molar-refractivity contribution in [3.05, 3.63) is 61.6 Å². The smallest absolute Gasteiger partial charge is 0.408 e. The number of H-pyrrole nitrogens is 1. The molecule has 0 radical (unpaired) electrons. The number of hydrogen-bond donors (Lipinski definition) is 2. The number of rotatable bonds is 4. The highest BCUT2D eigenvalue weighted by Gasteiger charge is 2.22. The molecule has 0 aliphatic carbocycles. The molecule has 0 saturated carbocycles. The number of aromatic nitrogens is 1. The van der Waals surface area contributed by atoms with Crippen molar-refractivity contribution in [2.45, 2.75) is 11.8 Å². The fourth-order valence-electron chi connectivity index (χ4n) is 2.23. The summed E-state index contributed by atoms with van der Waals surface area (Å²) >= 11 is 6.00. The van der Waals surface area contributed by atoms with Gasteiger partial charge in [-0.3, -0.25) is 19.8 Å². The molecular formula is C14H10ClN3O6S. The van der Waals surface area contributed by atoms with Gasteiger partial charge in [0.05, 0.1) is 21.2 Å². The standard InChI is InChI=1S/C14H10ClN3O6S/c1-7-4-8(18(20)21)2-3-10(7)17-25(22,23)13-6-12-11(5-9(13)15)16-14(19)24-12/h2-6,17H,1H3,(H,16,19). The number of nitrogens with one attached hydrogen (secondary N) is 2. The summed E-state index contributed by atoms with van der Waals surface area (Å²) in [6.07, 6.45) is 0. The highest BCUT2D eigenvalue weighted by atomic mass is 35.5. The van der Waals surface area contributed by atoms with E-state index in [1.54, 1.807) is 0 Å².